The van der Waals surface area contributed by atoms with E-state index in [0.29, 0.717) is 11.1 Å². The summed E-state index contributed by atoms with van der Waals surface area (Å²) in [6.07, 6.45) is 0. The first-order valence-electron chi connectivity index (χ1n) is 10.9. The highest BCUT2D eigenvalue weighted by atomic mass is 19.1. The van der Waals surface area contributed by atoms with Crippen molar-refractivity contribution in [3.63, 3.8) is 0 Å². The first-order valence-corrected chi connectivity index (χ1v) is 10.9. The van der Waals surface area contributed by atoms with Gasteiger partial charge < -0.3 is 8.83 Å². The molecular formula is C30H17FO2. The number of benzene rings is 5. The van der Waals surface area contributed by atoms with E-state index in [1.54, 1.807) is 6.07 Å². The van der Waals surface area contributed by atoms with Crippen molar-refractivity contribution in [3.8, 4) is 22.3 Å². The Morgan fingerprint density at radius 2 is 1.00 bits per heavy atom. The molecule has 0 saturated carbocycles. The van der Waals surface area contributed by atoms with Crippen molar-refractivity contribution in [1.29, 1.82) is 0 Å². The molecule has 0 saturated heterocycles. The highest BCUT2D eigenvalue weighted by Gasteiger charge is 2.17. The Kier molecular flexibility index (Phi) is 3.76. The fraction of sp³-hybridized carbons (Fsp3) is 0. The molecule has 0 spiro atoms. The van der Waals surface area contributed by atoms with Gasteiger partial charge in [-0.05, 0) is 23.8 Å². The van der Waals surface area contributed by atoms with Gasteiger partial charge in [-0.25, -0.2) is 4.39 Å². The Labute approximate surface area is 188 Å². The number of hydrogen-bond acceptors (Lipinski definition) is 2. The minimum atomic E-state index is -0.298. The molecule has 2 aromatic heterocycles. The molecule has 3 heteroatoms. The van der Waals surface area contributed by atoms with Gasteiger partial charge in [-0.1, -0.05) is 84.9 Å². The molecule has 2 heterocycles. The highest BCUT2D eigenvalue weighted by Crippen LogP contribution is 2.39. The third-order valence-electron chi connectivity index (χ3n) is 6.38. The van der Waals surface area contributed by atoms with Crippen LogP contribution >= 0.6 is 0 Å². The highest BCUT2D eigenvalue weighted by molar-refractivity contribution is 6.11. The second kappa shape index (κ2) is 6.81. The van der Waals surface area contributed by atoms with Crippen LogP contribution < -0.4 is 0 Å². The van der Waals surface area contributed by atoms with Crippen LogP contribution in [0.1, 0.15) is 0 Å². The van der Waals surface area contributed by atoms with Crippen molar-refractivity contribution in [2.75, 3.05) is 0 Å². The van der Waals surface area contributed by atoms with Gasteiger partial charge in [0.05, 0.1) is 0 Å². The third kappa shape index (κ3) is 2.66. The summed E-state index contributed by atoms with van der Waals surface area (Å²) in [6.45, 7) is 0. The van der Waals surface area contributed by atoms with Crippen LogP contribution in [0.15, 0.2) is 112 Å². The molecule has 0 bridgehead atoms. The molecule has 0 N–H and O–H groups in total. The van der Waals surface area contributed by atoms with Gasteiger partial charge in [0, 0.05) is 38.2 Å². The molecule has 5 aromatic carbocycles. The Hall–Kier alpha value is -4.37. The monoisotopic (exact) mass is 428 g/mol. The fourth-order valence-electron chi connectivity index (χ4n) is 4.83. The van der Waals surface area contributed by atoms with Gasteiger partial charge in [0.2, 0.25) is 0 Å². The lowest BCUT2D eigenvalue weighted by Gasteiger charge is -2.08. The first kappa shape index (κ1) is 18.2. The average Bonchev–Trinajstić information content (AvgIpc) is 3.42. The summed E-state index contributed by atoms with van der Waals surface area (Å²) in [4.78, 5) is 0. The van der Waals surface area contributed by atoms with Crippen LogP contribution in [0.25, 0.3) is 66.1 Å². The van der Waals surface area contributed by atoms with Gasteiger partial charge in [0.1, 0.15) is 28.1 Å². The zero-order valence-corrected chi connectivity index (χ0v) is 17.5. The van der Waals surface area contributed by atoms with Crippen LogP contribution in [0.3, 0.4) is 0 Å². The molecule has 2 nitrogen and oxygen atoms in total. The standard InChI is InChI=1S/C30H17FO2/c31-26-17-18(19-9-5-11-24-21-7-1-3-13-27(21)32-29(19)24)15-16-20(26)23-10-6-12-25-22-8-2-4-14-28(22)33-30(23)25/h1-17H. The third-order valence-corrected chi connectivity index (χ3v) is 6.38. The summed E-state index contributed by atoms with van der Waals surface area (Å²) in [5.74, 6) is -0.298. The zero-order valence-electron chi connectivity index (χ0n) is 17.5. The second-order valence-electron chi connectivity index (χ2n) is 8.26. The van der Waals surface area contributed by atoms with Crippen LogP contribution in [-0.4, -0.2) is 0 Å². The van der Waals surface area contributed by atoms with E-state index in [-0.39, 0.29) is 5.82 Å². The molecule has 0 unspecified atom stereocenters. The minimum absolute atomic E-state index is 0.298. The number of halogens is 1. The van der Waals surface area contributed by atoms with E-state index in [1.165, 1.54) is 0 Å². The molecule has 156 valence electrons. The Morgan fingerprint density at radius 3 is 1.64 bits per heavy atom. The molecule has 0 amide bonds. The summed E-state index contributed by atoms with van der Waals surface area (Å²) in [7, 11) is 0. The lowest BCUT2D eigenvalue weighted by atomic mass is 9.97. The predicted octanol–water partition coefficient (Wildman–Crippen LogP) is 8.96. The maximum Gasteiger partial charge on any atom is 0.143 e. The summed E-state index contributed by atoms with van der Waals surface area (Å²) >= 11 is 0. The summed E-state index contributed by atoms with van der Waals surface area (Å²) in [5.41, 5.74) is 6.00. The van der Waals surface area contributed by atoms with E-state index in [0.717, 1.165) is 55.0 Å². The van der Waals surface area contributed by atoms with Crippen molar-refractivity contribution in [3.05, 3.63) is 109 Å². The van der Waals surface area contributed by atoms with Gasteiger partial charge in [0.25, 0.3) is 0 Å². The van der Waals surface area contributed by atoms with Crippen molar-refractivity contribution >= 4 is 43.9 Å². The van der Waals surface area contributed by atoms with Crippen LogP contribution in [-0.2, 0) is 0 Å². The summed E-state index contributed by atoms with van der Waals surface area (Å²) in [6, 6.07) is 33.1. The van der Waals surface area contributed by atoms with Crippen molar-refractivity contribution in [2.45, 2.75) is 0 Å². The topological polar surface area (TPSA) is 26.3 Å². The molecule has 33 heavy (non-hydrogen) atoms. The molecule has 0 aliphatic heterocycles. The predicted molar refractivity (Wildman–Crippen MR) is 132 cm³/mol. The smallest absolute Gasteiger partial charge is 0.143 e. The largest absolute Gasteiger partial charge is 0.455 e. The van der Waals surface area contributed by atoms with Crippen molar-refractivity contribution < 1.29 is 13.2 Å². The number of furan rings is 2. The van der Waals surface area contributed by atoms with Gasteiger partial charge in [-0.15, -0.1) is 0 Å². The second-order valence-corrected chi connectivity index (χ2v) is 8.26. The lowest BCUT2D eigenvalue weighted by molar-refractivity contribution is 0.630. The van der Waals surface area contributed by atoms with E-state index >= 15 is 4.39 Å². The van der Waals surface area contributed by atoms with Crippen LogP contribution in [0.2, 0.25) is 0 Å². The molecular weight excluding hydrogens is 411 g/mol. The van der Waals surface area contributed by atoms with E-state index in [9.17, 15) is 0 Å². The van der Waals surface area contributed by atoms with Gasteiger partial charge in [-0.2, -0.15) is 0 Å². The lowest BCUT2D eigenvalue weighted by Crippen LogP contribution is -1.88. The summed E-state index contributed by atoms with van der Waals surface area (Å²) in [5, 5.41) is 4.10. The quantitative estimate of drug-likeness (QED) is 0.275. The molecule has 0 fully saturated rings. The molecule has 0 aliphatic carbocycles. The Bertz CT molecular complexity index is 1840. The van der Waals surface area contributed by atoms with Crippen LogP contribution in [0, 0.1) is 5.82 Å². The van der Waals surface area contributed by atoms with Crippen molar-refractivity contribution in [1.82, 2.24) is 0 Å². The normalized spacial score (nSPS) is 11.8. The van der Waals surface area contributed by atoms with Crippen LogP contribution in [0.4, 0.5) is 4.39 Å². The molecule has 7 aromatic rings. The minimum Gasteiger partial charge on any atom is -0.455 e. The maximum atomic E-state index is 15.5. The number of rotatable bonds is 2. The number of fused-ring (bicyclic) bond motifs is 6. The maximum absolute atomic E-state index is 15.5. The summed E-state index contributed by atoms with van der Waals surface area (Å²) < 4.78 is 27.8. The average molecular weight is 428 g/mol. The molecule has 0 atom stereocenters. The fourth-order valence-corrected chi connectivity index (χ4v) is 4.83. The Balaban J connectivity index is 1.41. The first-order chi connectivity index (χ1) is 16.3. The SMILES string of the molecule is Fc1cc(-c2cccc3c2oc2ccccc23)ccc1-c1cccc2c1oc1ccccc12. The molecule has 0 radical (unpaired) electrons. The van der Waals surface area contributed by atoms with E-state index < -0.39 is 0 Å². The van der Waals surface area contributed by atoms with E-state index in [1.807, 2.05) is 97.1 Å². The zero-order chi connectivity index (χ0) is 21.9. The van der Waals surface area contributed by atoms with Gasteiger partial charge >= 0.3 is 0 Å². The Morgan fingerprint density at radius 1 is 0.455 bits per heavy atom. The molecule has 0 aliphatic rings. The van der Waals surface area contributed by atoms with Crippen LogP contribution in [0.5, 0.6) is 0 Å². The van der Waals surface area contributed by atoms with Gasteiger partial charge in [0.15, 0.2) is 0 Å². The van der Waals surface area contributed by atoms with Crippen molar-refractivity contribution in [2.24, 2.45) is 0 Å². The molecule has 7 rings (SSSR count). The number of hydrogen-bond donors (Lipinski definition) is 0. The van der Waals surface area contributed by atoms with Gasteiger partial charge in [-0.3, -0.25) is 0 Å². The van der Waals surface area contributed by atoms with E-state index in [4.69, 9.17) is 8.83 Å². The number of para-hydroxylation sites is 4. The van der Waals surface area contributed by atoms with E-state index in [2.05, 4.69) is 0 Å².